The van der Waals surface area contributed by atoms with E-state index in [9.17, 15) is 13.2 Å². The monoisotopic (exact) mass is 228 g/mol. The summed E-state index contributed by atoms with van der Waals surface area (Å²) in [6.45, 7) is 0. The fraction of sp³-hybridized carbons (Fsp3) is 0.429. The molecule has 0 fully saturated rings. The molecule has 1 unspecified atom stereocenters. The van der Waals surface area contributed by atoms with Crippen molar-refractivity contribution in [2.45, 2.75) is 18.1 Å². The first-order chi connectivity index (χ1) is 6.16. The summed E-state index contributed by atoms with van der Waals surface area (Å²) in [5.74, 6) is -2.70. The first-order valence-electron chi connectivity index (χ1n) is 3.48. The van der Waals surface area contributed by atoms with Crippen LogP contribution in [-0.4, -0.2) is 33.4 Å². The fourth-order valence-corrected chi connectivity index (χ4v) is 1.36. The van der Waals surface area contributed by atoms with E-state index >= 15 is 0 Å². The number of alkyl halides is 3. The summed E-state index contributed by atoms with van der Waals surface area (Å²) >= 11 is 3.40. The first-order valence-corrected chi connectivity index (χ1v) is 3.93. The standard InChI is InChI=1S/C7H7F3O3S/c8-7(9,10)3-1-2-6(12,13)5(11)4(3)14/h1-2,5,11-14H. The number of rotatable bonds is 0. The van der Waals surface area contributed by atoms with E-state index in [0.717, 1.165) is 0 Å². The molecule has 7 heteroatoms. The molecule has 0 heterocycles. The van der Waals surface area contributed by atoms with E-state index in [1.807, 2.05) is 0 Å². The molecule has 1 aliphatic carbocycles. The predicted molar refractivity (Wildman–Crippen MR) is 44.4 cm³/mol. The lowest BCUT2D eigenvalue weighted by Gasteiger charge is -2.29. The Labute approximate surface area is 82.6 Å². The van der Waals surface area contributed by atoms with Gasteiger partial charge < -0.3 is 15.3 Å². The van der Waals surface area contributed by atoms with E-state index in [4.69, 9.17) is 15.3 Å². The van der Waals surface area contributed by atoms with Crippen LogP contribution in [0.4, 0.5) is 13.2 Å². The lowest BCUT2D eigenvalue weighted by Crippen LogP contribution is -2.43. The minimum absolute atomic E-state index is 0.459. The number of thiol groups is 1. The number of halogens is 3. The molecule has 1 rings (SSSR count). The summed E-state index contributed by atoms with van der Waals surface area (Å²) in [6.07, 6.45) is -5.84. The second-order valence-electron chi connectivity index (χ2n) is 2.82. The van der Waals surface area contributed by atoms with Crippen molar-refractivity contribution in [3.63, 3.8) is 0 Å². The minimum Gasteiger partial charge on any atom is -0.382 e. The Morgan fingerprint density at radius 2 is 1.86 bits per heavy atom. The Morgan fingerprint density at radius 1 is 1.36 bits per heavy atom. The highest BCUT2D eigenvalue weighted by Gasteiger charge is 2.43. The summed E-state index contributed by atoms with van der Waals surface area (Å²) in [4.78, 5) is -0.815. The average molecular weight is 228 g/mol. The number of hydrogen-bond donors (Lipinski definition) is 4. The molecule has 1 atom stereocenters. The molecule has 14 heavy (non-hydrogen) atoms. The van der Waals surface area contributed by atoms with Crippen LogP contribution in [0.3, 0.4) is 0 Å². The lowest BCUT2D eigenvalue weighted by molar-refractivity contribution is -0.177. The largest absolute Gasteiger partial charge is 0.417 e. The predicted octanol–water partition coefficient (Wildman–Crippen LogP) is 0.344. The van der Waals surface area contributed by atoms with Crippen LogP contribution in [0.5, 0.6) is 0 Å². The number of hydrogen-bond acceptors (Lipinski definition) is 4. The fourth-order valence-electron chi connectivity index (χ4n) is 0.971. The second-order valence-corrected chi connectivity index (χ2v) is 3.30. The third-order valence-corrected chi connectivity index (χ3v) is 2.22. The summed E-state index contributed by atoms with van der Waals surface area (Å²) in [5, 5.41) is 27.0. The first kappa shape index (κ1) is 11.6. The second kappa shape index (κ2) is 3.27. The zero-order valence-electron chi connectivity index (χ0n) is 6.65. The maximum Gasteiger partial charge on any atom is 0.417 e. The van der Waals surface area contributed by atoms with Gasteiger partial charge >= 0.3 is 6.18 Å². The zero-order valence-corrected chi connectivity index (χ0v) is 7.55. The van der Waals surface area contributed by atoms with Gasteiger partial charge in [-0.2, -0.15) is 13.2 Å². The molecule has 0 amide bonds. The third kappa shape index (κ3) is 1.95. The summed E-state index contributed by atoms with van der Waals surface area (Å²) in [7, 11) is 0. The van der Waals surface area contributed by atoms with E-state index in [1.165, 1.54) is 0 Å². The van der Waals surface area contributed by atoms with E-state index in [1.54, 1.807) is 0 Å². The van der Waals surface area contributed by atoms with Gasteiger partial charge in [-0.3, -0.25) is 0 Å². The smallest absolute Gasteiger partial charge is 0.382 e. The van der Waals surface area contributed by atoms with Crippen molar-refractivity contribution in [3.8, 4) is 0 Å². The van der Waals surface area contributed by atoms with Gasteiger partial charge in [0.2, 0.25) is 5.79 Å². The highest BCUT2D eigenvalue weighted by molar-refractivity contribution is 7.84. The maximum atomic E-state index is 12.2. The topological polar surface area (TPSA) is 60.7 Å². The van der Waals surface area contributed by atoms with Gasteiger partial charge in [-0.1, -0.05) is 0 Å². The van der Waals surface area contributed by atoms with Crippen LogP contribution >= 0.6 is 12.6 Å². The Kier molecular flexibility index (Phi) is 2.70. The number of aliphatic hydroxyl groups is 3. The average Bonchev–Trinajstić information content (AvgIpc) is 1.97. The van der Waals surface area contributed by atoms with Crippen LogP contribution in [0.1, 0.15) is 0 Å². The summed E-state index contributed by atoms with van der Waals surface area (Å²) < 4.78 is 36.6. The van der Waals surface area contributed by atoms with Crippen LogP contribution in [0.2, 0.25) is 0 Å². The molecule has 0 aliphatic heterocycles. The Balaban J connectivity index is 3.14. The van der Waals surface area contributed by atoms with E-state index < -0.39 is 28.5 Å². The van der Waals surface area contributed by atoms with Crippen LogP contribution in [0.25, 0.3) is 0 Å². The Morgan fingerprint density at radius 3 is 2.29 bits per heavy atom. The highest BCUT2D eigenvalue weighted by Crippen LogP contribution is 2.37. The number of aliphatic hydroxyl groups excluding tert-OH is 1. The molecule has 0 spiro atoms. The van der Waals surface area contributed by atoms with Crippen molar-refractivity contribution >= 4 is 12.6 Å². The lowest BCUT2D eigenvalue weighted by atomic mass is 9.98. The molecular formula is C7H7F3O3S. The normalized spacial score (nSPS) is 26.9. The highest BCUT2D eigenvalue weighted by atomic mass is 32.1. The molecule has 0 saturated carbocycles. The molecule has 0 aromatic carbocycles. The SMILES string of the molecule is OC1C(S)=C(C(F)(F)F)C=CC1(O)O. The van der Waals surface area contributed by atoms with Gasteiger partial charge in [0, 0.05) is 4.91 Å². The number of allylic oxidation sites excluding steroid dienone is 2. The quantitative estimate of drug-likeness (QED) is 0.357. The van der Waals surface area contributed by atoms with Gasteiger partial charge in [0.05, 0.1) is 5.57 Å². The van der Waals surface area contributed by atoms with Crippen molar-refractivity contribution < 1.29 is 28.5 Å². The van der Waals surface area contributed by atoms with Crippen LogP contribution < -0.4 is 0 Å². The Hall–Kier alpha value is -0.500. The van der Waals surface area contributed by atoms with Crippen molar-refractivity contribution in [2.75, 3.05) is 0 Å². The molecular weight excluding hydrogens is 221 g/mol. The molecule has 0 aromatic heterocycles. The molecule has 0 bridgehead atoms. The van der Waals surface area contributed by atoms with Crippen LogP contribution in [-0.2, 0) is 0 Å². The van der Waals surface area contributed by atoms with Crippen molar-refractivity contribution in [1.29, 1.82) is 0 Å². The van der Waals surface area contributed by atoms with Crippen molar-refractivity contribution in [2.24, 2.45) is 0 Å². The van der Waals surface area contributed by atoms with Gasteiger partial charge in [0.15, 0.2) is 0 Å². The molecule has 80 valence electrons. The van der Waals surface area contributed by atoms with Crippen molar-refractivity contribution in [3.05, 3.63) is 22.6 Å². The molecule has 1 aliphatic rings. The van der Waals surface area contributed by atoms with Gasteiger partial charge in [0.1, 0.15) is 6.10 Å². The summed E-state index contributed by atoms with van der Waals surface area (Å²) in [6, 6.07) is 0. The van der Waals surface area contributed by atoms with E-state index in [2.05, 4.69) is 12.6 Å². The van der Waals surface area contributed by atoms with Gasteiger partial charge in [0.25, 0.3) is 0 Å². The molecule has 3 N–H and O–H groups in total. The Bertz CT molecular complexity index is 306. The molecule has 0 radical (unpaired) electrons. The van der Waals surface area contributed by atoms with Crippen LogP contribution in [0.15, 0.2) is 22.6 Å². The van der Waals surface area contributed by atoms with Gasteiger partial charge in [-0.05, 0) is 12.2 Å². The molecule has 3 nitrogen and oxygen atoms in total. The summed E-state index contributed by atoms with van der Waals surface area (Å²) in [5.41, 5.74) is -1.19. The molecule has 0 aromatic rings. The minimum atomic E-state index is -4.68. The van der Waals surface area contributed by atoms with E-state index in [-0.39, 0.29) is 0 Å². The van der Waals surface area contributed by atoms with Crippen molar-refractivity contribution in [1.82, 2.24) is 0 Å². The van der Waals surface area contributed by atoms with Crippen LogP contribution in [0, 0.1) is 0 Å². The maximum absolute atomic E-state index is 12.2. The molecule has 0 saturated heterocycles. The zero-order chi connectivity index (χ0) is 11.1. The third-order valence-electron chi connectivity index (χ3n) is 1.74. The van der Waals surface area contributed by atoms with Gasteiger partial charge in [-0.15, -0.1) is 12.6 Å². The van der Waals surface area contributed by atoms with E-state index in [0.29, 0.717) is 12.2 Å². The van der Waals surface area contributed by atoms with Gasteiger partial charge in [-0.25, -0.2) is 0 Å².